The van der Waals surface area contributed by atoms with Crippen LogP contribution < -0.4 is 4.90 Å². The van der Waals surface area contributed by atoms with E-state index in [0.29, 0.717) is 21.6 Å². The van der Waals surface area contributed by atoms with Crippen molar-refractivity contribution in [2.75, 3.05) is 18.5 Å². The first kappa shape index (κ1) is 15.4. The van der Waals surface area contributed by atoms with Crippen LogP contribution in [-0.2, 0) is 4.79 Å². The van der Waals surface area contributed by atoms with Crippen molar-refractivity contribution in [3.63, 3.8) is 0 Å². The quantitative estimate of drug-likeness (QED) is 0.913. The van der Waals surface area contributed by atoms with Crippen molar-refractivity contribution in [3.8, 4) is 0 Å². The van der Waals surface area contributed by atoms with Crippen LogP contribution in [0.25, 0.3) is 10.9 Å². The Bertz CT molecular complexity index is 679. The molecule has 0 saturated carbocycles. The molecule has 1 N–H and O–H groups in total. The number of hydrogen-bond acceptors (Lipinski definition) is 3. The van der Waals surface area contributed by atoms with Crippen LogP contribution in [0.2, 0.25) is 5.02 Å². The molecule has 0 aliphatic carbocycles. The molecule has 1 aromatic heterocycles. The number of rotatable bonds is 5. The Morgan fingerprint density at radius 1 is 1.43 bits per heavy atom. The highest BCUT2D eigenvalue weighted by Crippen LogP contribution is 2.31. The molecule has 0 spiro atoms. The number of aliphatic carboxylic acids is 1. The van der Waals surface area contributed by atoms with E-state index in [1.165, 1.54) is 6.07 Å². The number of fused-ring (bicyclic) bond motifs is 1. The SMILES string of the molecule is CN(CCC(=O)O)c1cc(C(F)F)nc2ccc(Cl)cc12. The van der Waals surface area contributed by atoms with Crippen molar-refractivity contribution in [2.45, 2.75) is 12.8 Å². The van der Waals surface area contributed by atoms with Crippen LogP contribution in [-0.4, -0.2) is 29.7 Å². The summed E-state index contributed by atoms with van der Waals surface area (Å²) in [6, 6.07) is 6.04. The van der Waals surface area contributed by atoms with Gasteiger partial charge in [0.05, 0.1) is 11.9 Å². The summed E-state index contributed by atoms with van der Waals surface area (Å²) in [7, 11) is 1.65. The van der Waals surface area contributed by atoms with Gasteiger partial charge in [0.15, 0.2) is 0 Å². The summed E-state index contributed by atoms with van der Waals surface area (Å²) in [4.78, 5) is 16.2. The molecule has 0 amide bonds. The van der Waals surface area contributed by atoms with Crippen LogP contribution in [0.1, 0.15) is 18.5 Å². The summed E-state index contributed by atoms with van der Waals surface area (Å²) in [6.07, 6.45) is -2.79. The van der Waals surface area contributed by atoms with Gasteiger partial charge in [0.2, 0.25) is 0 Å². The molecule has 0 aliphatic heterocycles. The van der Waals surface area contributed by atoms with Crippen molar-refractivity contribution in [1.82, 2.24) is 4.98 Å². The highest BCUT2D eigenvalue weighted by atomic mass is 35.5. The van der Waals surface area contributed by atoms with Gasteiger partial charge in [0, 0.05) is 29.7 Å². The number of carboxylic acid groups (broad SMARTS) is 1. The van der Waals surface area contributed by atoms with Crippen LogP contribution in [0, 0.1) is 0 Å². The first-order chi connectivity index (χ1) is 9.88. The number of pyridine rings is 1. The smallest absolute Gasteiger partial charge is 0.305 e. The topological polar surface area (TPSA) is 53.4 Å². The minimum absolute atomic E-state index is 0.0924. The molecule has 1 aromatic carbocycles. The van der Waals surface area contributed by atoms with E-state index >= 15 is 0 Å². The van der Waals surface area contributed by atoms with Crippen molar-refractivity contribution in [1.29, 1.82) is 0 Å². The minimum atomic E-state index is -2.70. The predicted molar refractivity (Wildman–Crippen MR) is 77.2 cm³/mol. The van der Waals surface area contributed by atoms with E-state index in [1.807, 2.05) is 0 Å². The van der Waals surface area contributed by atoms with Crippen molar-refractivity contribution in [3.05, 3.63) is 35.0 Å². The molecule has 21 heavy (non-hydrogen) atoms. The third kappa shape index (κ3) is 3.58. The van der Waals surface area contributed by atoms with Crippen LogP contribution in [0.4, 0.5) is 14.5 Å². The van der Waals surface area contributed by atoms with Crippen LogP contribution in [0.15, 0.2) is 24.3 Å². The highest BCUT2D eigenvalue weighted by Gasteiger charge is 2.16. The van der Waals surface area contributed by atoms with Gasteiger partial charge in [0.25, 0.3) is 6.43 Å². The number of alkyl halides is 2. The maximum absolute atomic E-state index is 12.9. The van der Waals surface area contributed by atoms with Gasteiger partial charge in [-0.2, -0.15) is 0 Å². The van der Waals surface area contributed by atoms with Gasteiger partial charge in [-0.25, -0.2) is 13.8 Å². The van der Waals surface area contributed by atoms with E-state index in [0.717, 1.165) is 0 Å². The van der Waals surface area contributed by atoms with Gasteiger partial charge in [-0.1, -0.05) is 11.6 Å². The molecule has 0 radical (unpaired) electrons. The Balaban J connectivity index is 2.52. The average molecular weight is 315 g/mol. The Labute approximate surface area is 125 Å². The van der Waals surface area contributed by atoms with Gasteiger partial charge >= 0.3 is 5.97 Å². The molecule has 4 nitrogen and oxygen atoms in total. The van der Waals surface area contributed by atoms with E-state index in [2.05, 4.69) is 4.98 Å². The summed E-state index contributed by atoms with van der Waals surface area (Å²) >= 11 is 5.94. The summed E-state index contributed by atoms with van der Waals surface area (Å²) in [6.45, 7) is 0.198. The minimum Gasteiger partial charge on any atom is -0.481 e. The van der Waals surface area contributed by atoms with Gasteiger partial charge in [-0.15, -0.1) is 0 Å². The number of carbonyl (C=O) groups is 1. The van der Waals surface area contributed by atoms with E-state index in [4.69, 9.17) is 16.7 Å². The molecular weight excluding hydrogens is 302 g/mol. The molecular formula is C14H13ClF2N2O2. The van der Waals surface area contributed by atoms with Crippen molar-refractivity contribution < 1.29 is 18.7 Å². The number of aromatic nitrogens is 1. The third-order valence-electron chi connectivity index (χ3n) is 3.06. The van der Waals surface area contributed by atoms with Gasteiger partial charge < -0.3 is 10.0 Å². The zero-order valence-corrected chi connectivity index (χ0v) is 11.9. The van der Waals surface area contributed by atoms with Crippen molar-refractivity contribution in [2.24, 2.45) is 0 Å². The molecule has 0 bridgehead atoms. The maximum atomic E-state index is 12.9. The van der Waals surface area contributed by atoms with Gasteiger partial charge in [-0.3, -0.25) is 4.79 Å². The zero-order valence-electron chi connectivity index (χ0n) is 11.2. The zero-order chi connectivity index (χ0) is 15.6. The molecule has 112 valence electrons. The predicted octanol–water partition coefficient (Wildman–Crippen LogP) is 3.74. The largest absolute Gasteiger partial charge is 0.481 e. The lowest BCUT2D eigenvalue weighted by molar-refractivity contribution is -0.136. The van der Waals surface area contributed by atoms with Crippen molar-refractivity contribution >= 4 is 34.2 Å². The normalized spacial score (nSPS) is 11.1. The van der Waals surface area contributed by atoms with Gasteiger partial charge in [-0.05, 0) is 24.3 Å². The number of nitrogens with zero attached hydrogens (tertiary/aromatic N) is 2. The number of anilines is 1. The summed E-state index contributed by atoms with van der Waals surface area (Å²) < 4.78 is 25.9. The molecule has 0 fully saturated rings. The second kappa shape index (κ2) is 6.22. The molecule has 0 aliphatic rings. The van der Waals surface area contributed by atoms with E-state index in [9.17, 15) is 13.6 Å². The first-order valence-corrected chi connectivity index (χ1v) is 6.57. The molecule has 7 heteroatoms. The fourth-order valence-electron chi connectivity index (χ4n) is 2.01. The summed E-state index contributed by atoms with van der Waals surface area (Å²) in [5.41, 5.74) is 0.537. The molecule has 0 saturated heterocycles. The molecule has 2 aromatic rings. The first-order valence-electron chi connectivity index (χ1n) is 6.20. The lowest BCUT2D eigenvalue weighted by Gasteiger charge is -2.21. The van der Waals surface area contributed by atoms with E-state index < -0.39 is 12.4 Å². The highest BCUT2D eigenvalue weighted by molar-refractivity contribution is 6.31. The maximum Gasteiger partial charge on any atom is 0.305 e. The Morgan fingerprint density at radius 3 is 2.76 bits per heavy atom. The lowest BCUT2D eigenvalue weighted by atomic mass is 10.1. The van der Waals surface area contributed by atoms with E-state index in [1.54, 1.807) is 30.1 Å². The number of benzene rings is 1. The average Bonchev–Trinajstić information content (AvgIpc) is 2.43. The summed E-state index contributed by atoms with van der Waals surface area (Å²) in [5, 5.41) is 9.80. The Morgan fingerprint density at radius 2 is 2.14 bits per heavy atom. The molecule has 2 rings (SSSR count). The van der Waals surface area contributed by atoms with Crippen LogP contribution in [0.3, 0.4) is 0 Å². The fraction of sp³-hybridized carbons (Fsp3) is 0.286. The second-order valence-corrected chi connectivity index (χ2v) is 5.03. The second-order valence-electron chi connectivity index (χ2n) is 4.59. The van der Waals surface area contributed by atoms with Crippen LogP contribution in [0.5, 0.6) is 0 Å². The van der Waals surface area contributed by atoms with Crippen LogP contribution >= 0.6 is 11.6 Å². The molecule has 0 unspecified atom stereocenters. The standard InChI is InChI=1S/C14H13ClF2N2O2/c1-19(5-4-13(20)21)12-7-11(14(16)17)18-10-3-2-8(15)6-9(10)12/h2-3,6-7,14H,4-5H2,1H3,(H,20,21). The lowest BCUT2D eigenvalue weighted by Crippen LogP contribution is -2.21. The monoisotopic (exact) mass is 314 g/mol. The summed E-state index contributed by atoms with van der Waals surface area (Å²) in [5.74, 6) is -0.952. The Hall–Kier alpha value is -1.95. The van der Waals surface area contributed by atoms with Gasteiger partial charge in [0.1, 0.15) is 5.69 Å². The Kier molecular flexibility index (Phi) is 4.57. The fourth-order valence-corrected chi connectivity index (χ4v) is 2.18. The molecule has 0 atom stereocenters. The molecule has 1 heterocycles. The third-order valence-corrected chi connectivity index (χ3v) is 3.30. The number of hydrogen-bond donors (Lipinski definition) is 1. The number of carboxylic acids is 1. The number of halogens is 3. The van der Waals surface area contributed by atoms with E-state index in [-0.39, 0.29) is 18.7 Å².